The van der Waals surface area contributed by atoms with Gasteiger partial charge in [0.25, 0.3) is 0 Å². The van der Waals surface area contributed by atoms with E-state index in [0.717, 1.165) is 13.1 Å². The second-order valence-electron chi connectivity index (χ2n) is 6.82. The van der Waals surface area contributed by atoms with Crippen molar-refractivity contribution in [2.75, 3.05) is 20.1 Å². The lowest BCUT2D eigenvalue weighted by molar-refractivity contribution is -0.137. The third kappa shape index (κ3) is 4.20. The Hall–Kier alpha value is -1.07. The zero-order valence-corrected chi connectivity index (χ0v) is 12.9. The molecule has 118 valence electrons. The summed E-state index contributed by atoms with van der Waals surface area (Å²) in [5.74, 6) is 0. The minimum Gasteiger partial charge on any atom is -0.371 e. The third-order valence-corrected chi connectivity index (χ3v) is 3.70. The minimum atomic E-state index is -4.33. The molecule has 2 rings (SSSR count). The van der Waals surface area contributed by atoms with Crippen LogP contribution >= 0.6 is 0 Å². The van der Waals surface area contributed by atoms with Crippen molar-refractivity contribution in [1.29, 1.82) is 0 Å². The van der Waals surface area contributed by atoms with Gasteiger partial charge in [-0.05, 0) is 35.7 Å². The van der Waals surface area contributed by atoms with Crippen LogP contribution in [0.1, 0.15) is 37.5 Å². The molecule has 0 aromatic heterocycles. The lowest BCUT2D eigenvalue weighted by Gasteiger charge is -2.35. The average Bonchev–Trinajstić information content (AvgIpc) is 2.30. The molecule has 21 heavy (non-hydrogen) atoms. The van der Waals surface area contributed by atoms with E-state index < -0.39 is 11.7 Å². The zero-order chi connectivity index (χ0) is 15.8. The summed E-state index contributed by atoms with van der Waals surface area (Å²) in [4.78, 5) is 2.11. The van der Waals surface area contributed by atoms with E-state index in [9.17, 15) is 13.2 Å². The van der Waals surface area contributed by atoms with E-state index in [2.05, 4.69) is 4.90 Å². The summed E-state index contributed by atoms with van der Waals surface area (Å²) in [5.41, 5.74) is 0.345. The monoisotopic (exact) mass is 301 g/mol. The Labute approximate surface area is 123 Å². The number of hydrogen-bond donors (Lipinski definition) is 0. The first-order chi connectivity index (χ1) is 9.55. The van der Waals surface area contributed by atoms with Gasteiger partial charge in [-0.2, -0.15) is 13.2 Å². The van der Waals surface area contributed by atoms with Gasteiger partial charge in [0.15, 0.2) is 0 Å². The standard InChI is InChI=1S/C16H22F3NO/c1-15(2,3)12-5-11(6-13(7-12)16(17,18)19)10-21-14-8-20(4)9-14/h5-7,14H,8-10H2,1-4H3. The maximum absolute atomic E-state index is 13.0. The molecule has 1 aliphatic rings. The molecular formula is C16H22F3NO. The molecule has 0 unspecified atom stereocenters. The molecule has 1 saturated heterocycles. The van der Waals surface area contributed by atoms with Crippen molar-refractivity contribution in [3.05, 3.63) is 34.9 Å². The van der Waals surface area contributed by atoms with Crippen LogP contribution in [0.2, 0.25) is 0 Å². The maximum atomic E-state index is 13.0. The van der Waals surface area contributed by atoms with E-state index >= 15 is 0 Å². The number of nitrogens with zero attached hydrogens (tertiary/aromatic N) is 1. The molecule has 5 heteroatoms. The number of likely N-dealkylation sites (tertiary alicyclic amines) is 1. The van der Waals surface area contributed by atoms with Gasteiger partial charge in [-0.1, -0.05) is 26.8 Å². The molecule has 1 fully saturated rings. The van der Waals surface area contributed by atoms with Crippen LogP contribution in [0.5, 0.6) is 0 Å². The van der Waals surface area contributed by atoms with Gasteiger partial charge in [0.2, 0.25) is 0 Å². The van der Waals surface area contributed by atoms with E-state index in [4.69, 9.17) is 4.74 Å². The first kappa shape index (κ1) is 16.3. The Morgan fingerprint density at radius 1 is 1.10 bits per heavy atom. The van der Waals surface area contributed by atoms with Gasteiger partial charge >= 0.3 is 6.18 Å². The van der Waals surface area contributed by atoms with Crippen LogP contribution < -0.4 is 0 Å². The Balaban J connectivity index is 2.19. The summed E-state index contributed by atoms with van der Waals surface area (Å²) < 4.78 is 44.7. The average molecular weight is 301 g/mol. The Bertz CT molecular complexity index is 467. The molecule has 0 N–H and O–H groups in total. The highest BCUT2D eigenvalue weighted by Crippen LogP contribution is 2.34. The fourth-order valence-corrected chi connectivity index (χ4v) is 2.33. The van der Waals surface area contributed by atoms with Gasteiger partial charge < -0.3 is 9.64 Å². The highest BCUT2D eigenvalue weighted by atomic mass is 19.4. The van der Waals surface area contributed by atoms with Gasteiger partial charge in [-0.3, -0.25) is 0 Å². The van der Waals surface area contributed by atoms with Gasteiger partial charge in [0.1, 0.15) is 0 Å². The fourth-order valence-electron chi connectivity index (χ4n) is 2.33. The Morgan fingerprint density at radius 2 is 1.67 bits per heavy atom. The largest absolute Gasteiger partial charge is 0.416 e. The van der Waals surface area contributed by atoms with Gasteiger partial charge in [0.05, 0.1) is 18.3 Å². The van der Waals surface area contributed by atoms with Crippen molar-refractivity contribution in [2.45, 2.75) is 45.1 Å². The van der Waals surface area contributed by atoms with Crippen molar-refractivity contribution in [3.63, 3.8) is 0 Å². The first-order valence-corrected chi connectivity index (χ1v) is 7.07. The number of ether oxygens (including phenoxy) is 1. The van der Waals surface area contributed by atoms with E-state index in [1.54, 1.807) is 0 Å². The summed E-state index contributed by atoms with van der Waals surface area (Å²) in [6, 6.07) is 4.25. The Kier molecular flexibility index (Phi) is 4.36. The molecule has 0 atom stereocenters. The third-order valence-electron chi connectivity index (χ3n) is 3.70. The highest BCUT2D eigenvalue weighted by Gasteiger charge is 2.32. The second-order valence-corrected chi connectivity index (χ2v) is 6.82. The van der Waals surface area contributed by atoms with Crippen LogP contribution in [-0.4, -0.2) is 31.1 Å². The molecule has 0 saturated carbocycles. The van der Waals surface area contributed by atoms with Crippen molar-refractivity contribution in [2.24, 2.45) is 0 Å². The number of hydrogen-bond acceptors (Lipinski definition) is 2. The van der Waals surface area contributed by atoms with E-state index in [-0.39, 0.29) is 18.1 Å². The molecule has 0 bridgehead atoms. The summed E-state index contributed by atoms with van der Waals surface area (Å²) in [6.07, 6.45) is -4.20. The zero-order valence-electron chi connectivity index (χ0n) is 12.9. The highest BCUT2D eigenvalue weighted by molar-refractivity contribution is 5.35. The lowest BCUT2D eigenvalue weighted by atomic mass is 9.85. The van der Waals surface area contributed by atoms with Crippen molar-refractivity contribution in [1.82, 2.24) is 4.90 Å². The van der Waals surface area contributed by atoms with Gasteiger partial charge in [-0.25, -0.2) is 0 Å². The number of rotatable bonds is 3. The molecular weight excluding hydrogens is 279 g/mol. The maximum Gasteiger partial charge on any atom is 0.416 e. The quantitative estimate of drug-likeness (QED) is 0.841. The topological polar surface area (TPSA) is 12.5 Å². The fraction of sp³-hybridized carbons (Fsp3) is 0.625. The molecule has 0 amide bonds. The van der Waals surface area contributed by atoms with E-state index in [1.807, 2.05) is 33.9 Å². The normalized spacial score (nSPS) is 17.9. The SMILES string of the molecule is CN1CC(OCc2cc(C(C)(C)C)cc(C(F)(F)F)c2)C1. The van der Waals surface area contributed by atoms with Crippen LogP contribution in [0.4, 0.5) is 13.2 Å². The smallest absolute Gasteiger partial charge is 0.371 e. The number of halogens is 3. The summed E-state index contributed by atoms with van der Waals surface area (Å²) in [6.45, 7) is 7.64. The van der Waals surface area contributed by atoms with Crippen LogP contribution in [-0.2, 0) is 22.9 Å². The number of likely N-dealkylation sites (N-methyl/N-ethyl adjacent to an activating group) is 1. The number of alkyl halides is 3. The van der Waals surface area contributed by atoms with Crippen molar-refractivity contribution >= 4 is 0 Å². The summed E-state index contributed by atoms with van der Waals surface area (Å²) in [5, 5.41) is 0. The number of benzene rings is 1. The minimum absolute atomic E-state index is 0.127. The van der Waals surface area contributed by atoms with Crippen LogP contribution in [0, 0.1) is 0 Å². The predicted molar refractivity (Wildman–Crippen MR) is 76.2 cm³/mol. The van der Waals surface area contributed by atoms with Gasteiger partial charge in [0, 0.05) is 13.1 Å². The first-order valence-electron chi connectivity index (χ1n) is 7.07. The molecule has 0 aliphatic carbocycles. The molecule has 1 aromatic rings. The lowest BCUT2D eigenvalue weighted by Crippen LogP contribution is -2.49. The van der Waals surface area contributed by atoms with Crippen LogP contribution in [0.15, 0.2) is 18.2 Å². The molecule has 1 heterocycles. The van der Waals surface area contributed by atoms with Crippen molar-refractivity contribution < 1.29 is 17.9 Å². The molecule has 0 spiro atoms. The van der Waals surface area contributed by atoms with Crippen molar-refractivity contribution in [3.8, 4) is 0 Å². The van der Waals surface area contributed by atoms with Gasteiger partial charge in [-0.15, -0.1) is 0 Å². The summed E-state index contributed by atoms with van der Waals surface area (Å²) in [7, 11) is 1.99. The molecule has 1 aromatic carbocycles. The molecule has 0 radical (unpaired) electrons. The van der Waals surface area contributed by atoms with E-state index in [1.165, 1.54) is 12.1 Å². The van der Waals surface area contributed by atoms with Crippen LogP contribution in [0.3, 0.4) is 0 Å². The van der Waals surface area contributed by atoms with Crippen LogP contribution in [0.25, 0.3) is 0 Å². The van der Waals surface area contributed by atoms with E-state index in [0.29, 0.717) is 11.1 Å². The second kappa shape index (κ2) is 5.61. The molecule has 2 nitrogen and oxygen atoms in total. The Morgan fingerprint density at radius 3 is 2.14 bits per heavy atom. The predicted octanol–water partition coefficient (Wildman–Crippen LogP) is 3.83. The molecule has 1 aliphatic heterocycles. The summed E-state index contributed by atoms with van der Waals surface area (Å²) >= 11 is 0.